The highest BCUT2D eigenvalue weighted by atomic mass is 16.6. The molecule has 0 bridgehead atoms. The maximum atomic E-state index is 10.8. The van der Waals surface area contributed by atoms with Gasteiger partial charge in [-0.2, -0.15) is 0 Å². The van der Waals surface area contributed by atoms with Crippen LogP contribution in [0.1, 0.15) is 17.3 Å². The lowest BCUT2D eigenvalue weighted by Gasteiger charge is -2.11. The normalized spacial score (nSPS) is 11.9. The molecule has 1 rings (SSSR count). The first-order chi connectivity index (χ1) is 8.45. The first kappa shape index (κ1) is 13.9. The van der Waals surface area contributed by atoms with Crippen molar-refractivity contribution in [2.24, 2.45) is 0 Å². The minimum absolute atomic E-state index is 0.0221. The number of ether oxygens (including phenoxy) is 2. The number of nitro benzene ring substituents is 1. The first-order valence-electron chi connectivity index (χ1n) is 5.13. The van der Waals surface area contributed by atoms with Gasteiger partial charge in [0.05, 0.1) is 16.6 Å². The van der Waals surface area contributed by atoms with Gasteiger partial charge >= 0.3 is 11.7 Å². The predicted molar refractivity (Wildman–Crippen MR) is 62.0 cm³/mol. The quantitative estimate of drug-likeness (QED) is 0.613. The van der Waals surface area contributed by atoms with E-state index in [1.807, 2.05) is 0 Å². The van der Waals surface area contributed by atoms with Crippen molar-refractivity contribution in [1.82, 2.24) is 0 Å². The fourth-order valence-electron chi connectivity index (χ4n) is 1.19. The van der Waals surface area contributed by atoms with Crippen LogP contribution in [0.15, 0.2) is 18.2 Å². The molecule has 18 heavy (non-hydrogen) atoms. The van der Waals surface area contributed by atoms with E-state index >= 15 is 0 Å². The molecular weight excluding hydrogens is 242 g/mol. The zero-order chi connectivity index (χ0) is 13.7. The molecule has 0 aliphatic carbocycles. The van der Waals surface area contributed by atoms with Crippen LogP contribution >= 0.6 is 0 Å². The average molecular weight is 255 g/mol. The molecule has 0 heterocycles. The summed E-state index contributed by atoms with van der Waals surface area (Å²) >= 11 is 0. The Bertz CT molecular complexity index is 459. The van der Waals surface area contributed by atoms with Gasteiger partial charge in [0.15, 0.2) is 5.75 Å². The molecular formula is C11H13NO6. The number of methoxy groups -OCH3 is 1. The van der Waals surface area contributed by atoms with Crippen LogP contribution in [0.5, 0.6) is 5.75 Å². The number of carboxylic acid groups (broad SMARTS) is 1. The van der Waals surface area contributed by atoms with Crippen LogP contribution in [-0.2, 0) is 4.74 Å². The minimum atomic E-state index is -1.23. The molecule has 1 atom stereocenters. The molecule has 7 heteroatoms. The van der Waals surface area contributed by atoms with Gasteiger partial charge in [-0.25, -0.2) is 4.79 Å². The highest BCUT2D eigenvalue weighted by Crippen LogP contribution is 2.28. The van der Waals surface area contributed by atoms with E-state index in [-0.39, 0.29) is 29.7 Å². The highest BCUT2D eigenvalue weighted by molar-refractivity contribution is 5.88. The number of hydrogen-bond acceptors (Lipinski definition) is 5. The number of nitro groups is 1. The SMILES string of the molecule is COC(C)COc1ccc(C(=O)O)cc1[N+](=O)[O-]. The molecule has 1 unspecified atom stereocenters. The Labute approximate surface area is 103 Å². The number of carboxylic acids is 1. The van der Waals surface area contributed by atoms with Gasteiger partial charge in [-0.3, -0.25) is 10.1 Å². The van der Waals surface area contributed by atoms with Gasteiger partial charge in [-0.15, -0.1) is 0 Å². The maximum Gasteiger partial charge on any atom is 0.335 e. The van der Waals surface area contributed by atoms with Crippen LogP contribution in [0, 0.1) is 10.1 Å². The van der Waals surface area contributed by atoms with Gasteiger partial charge in [0, 0.05) is 13.2 Å². The molecule has 0 aliphatic rings. The Morgan fingerprint density at radius 3 is 2.72 bits per heavy atom. The lowest BCUT2D eigenvalue weighted by atomic mass is 10.2. The van der Waals surface area contributed by atoms with Crippen molar-refractivity contribution in [3.05, 3.63) is 33.9 Å². The summed E-state index contributed by atoms with van der Waals surface area (Å²) in [7, 11) is 1.50. The Morgan fingerprint density at radius 1 is 1.56 bits per heavy atom. The third-order valence-corrected chi connectivity index (χ3v) is 2.28. The van der Waals surface area contributed by atoms with E-state index in [2.05, 4.69) is 0 Å². The van der Waals surface area contributed by atoms with Gasteiger partial charge in [0.1, 0.15) is 6.61 Å². The summed E-state index contributed by atoms with van der Waals surface area (Å²) < 4.78 is 10.2. The molecule has 0 fully saturated rings. The van der Waals surface area contributed by atoms with Gasteiger partial charge in [0.2, 0.25) is 0 Å². The standard InChI is InChI=1S/C11H13NO6/c1-7(17-2)6-18-10-4-3-8(11(13)14)5-9(10)12(15)16/h3-5,7H,6H2,1-2H3,(H,13,14). The monoisotopic (exact) mass is 255 g/mol. The number of nitrogens with zero attached hydrogens (tertiary/aromatic N) is 1. The second-order valence-electron chi connectivity index (χ2n) is 3.60. The lowest BCUT2D eigenvalue weighted by molar-refractivity contribution is -0.386. The van der Waals surface area contributed by atoms with Crippen LogP contribution in [0.2, 0.25) is 0 Å². The molecule has 1 N–H and O–H groups in total. The molecule has 0 spiro atoms. The van der Waals surface area contributed by atoms with E-state index in [1.54, 1.807) is 6.92 Å². The zero-order valence-electron chi connectivity index (χ0n) is 9.95. The van der Waals surface area contributed by atoms with E-state index in [4.69, 9.17) is 14.6 Å². The molecule has 98 valence electrons. The molecule has 1 aromatic carbocycles. The van der Waals surface area contributed by atoms with E-state index in [0.717, 1.165) is 6.07 Å². The van der Waals surface area contributed by atoms with Gasteiger partial charge in [-0.1, -0.05) is 0 Å². The summed E-state index contributed by atoms with van der Waals surface area (Å²) in [6, 6.07) is 3.49. The van der Waals surface area contributed by atoms with Crippen molar-refractivity contribution in [2.45, 2.75) is 13.0 Å². The van der Waals surface area contributed by atoms with Crippen molar-refractivity contribution in [3.8, 4) is 5.75 Å². The van der Waals surface area contributed by atoms with Crippen molar-refractivity contribution in [2.75, 3.05) is 13.7 Å². The molecule has 0 aromatic heterocycles. The average Bonchev–Trinajstić information content (AvgIpc) is 2.35. The number of rotatable bonds is 6. The highest BCUT2D eigenvalue weighted by Gasteiger charge is 2.19. The van der Waals surface area contributed by atoms with Crippen molar-refractivity contribution < 1.29 is 24.3 Å². The molecule has 0 saturated heterocycles. The second kappa shape index (κ2) is 5.97. The minimum Gasteiger partial charge on any atom is -0.484 e. The van der Waals surface area contributed by atoms with Crippen LogP contribution < -0.4 is 4.74 Å². The Balaban J connectivity index is 2.97. The molecule has 7 nitrogen and oxygen atoms in total. The number of benzene rings is 1. The topological polar surface area (TPSA) is 98.9 Å². The molecule has 0 radical (unpaired) electrons. The largest absolute Gasteiger partial charge is 0.484 e. The van der Waals surface area contributed by atoms with Crippen molar-refractivity contribution >= 4 is 11.7 Å². The third-order valence-electron chi connectivity index (χ3n) is 2.28. The van der Waals surface area contributed by atoms with Crippen LogP contribution in [0.4, 0.5) is 5.69 Å². The summed E-state index contributed by atoms with van der Waals surface area (Å²) in [6.45, 7) is 1.89. The van der Waals surface area contributed by atoms with E-state index in [0.29, 0.717) is 0 Å². The van der Waals surface area contributed by atoms with Gasteiger partial charge in [0.25, 0.3) is 0 Å². The van der Waals surface area contributed by atoms with E-state index in [1.165, 1.54) is 19.2 Å². The number of hydrogen-bond donors (Lipinski definition) is 1. The van der Waals surface area contributed by atoms with Crippen molar-refractivity contribution in [3.63, 3.8) is 0 Å². The van der Waals surface area contributed by atoms with Crippen LogP contribution in [-0.4, -0.2) is 35.8 Å². The van der Waals surface area contributed by atoms with Gasteiger partial charge in [-0.05, 0) is 19.1 Å². The second-order valence-corrected chi connectivity index (χ2v) is 3.60. The zero-order valence-corrected chi connectivity index (χ0v) is 9.95. The van der Waals surface area contributed by atoms with Crippen LogP contribution in [0.25, 0.3) is 0 Å². The Kier molecular flexibility index (Phi) is 4.61. The first-order valence-corrected chi connectivity index (χ1v) is 5.13. The van der Waals surface area contributed by atoms with Gasteiger partial charge < -0.3 is 14.6 Å². The fourth-order valence-corrected chi connectivity index (χ4v) is 1.19. The maximum absolute atomic E-state index is 10.8. The summed E-state index contributed by atoms with van der Waals surface area (Å²) in [5, 5.41) is 19.6. The smallest absolute Gasteiger partial charge is 0.335 e. The summed E-state index contributed by atoms with van der Waals surface area (Å²) in [5.41, 5.74) is -0.535. The Hall–Kier alpha value is -2.15. The molecule has 0 aliphatic heterocycles. The third kappa shape index (κ3) is 3.42. The number of carbonyl (C=O) groups is 1. The summed E-state index contributed by atoms with van der Waals surface area (Å²) in [5.74, 6) is -1.20. The number of aromatic carboxylic acids is 1. The van der Waals surface area contributed by atoms with Crippen molar-refractivity contribution in [1.29, 1.82) is 0 Å². The van der Waals surface area contributed by atoms with Crippen LogP contribution in [0.3, 0.4) is 0 Å². The molecule has 0 saturated carbocycles. The Morgan fingerprint density at radius 2 is 2.22 bits per heavy atom. The fraction of sp³-hybridized carbons (Fsp3) is 0.364. The lowest BCUT2D eigenvalue weighted by Crippen LogP contribution is -2.16. The van der Waals surface area contributed by atoms with E-state index < -0.39 is 10.9 Å². The molecule has 1 aromatic rings. The molecule has 0 amide bonds. The van der Waals surface area contributed by atoms with E-state index in [9.17, 15) is 14.9 Å². The summed E-state index contributed by atoms with van der Waals surface area (Å²) in [6.07, 6.45) is -0.219. The predicted octanol–water partition coefficient (Wildman–Crippen LogP) is 1.71. The summed E-state index contributed by atoms with van der Waals surface area (Å²) in [4.78, 5) is 20.8.